The summed E-state index contributed by atoms with van der Waals surface area (Å²) >= 11 is 7.43. The maximum absolute atomic E-state index is 12.7. The molecule has 11 heteroatoms. The number of rotatable bonds is 7. The highest BCUT2D eigenvalue weighted by Crippen LogP contribution is 2.33. The first-order valence-corrected chi connectivity index (χ1v) is 9.99. The molecule has 0 bridgehead atoms. The van der Waals surface area contributed by atoms with E-state index in [0.717, 1.165) is 4.90 Å². The van der Waals surface area contributed by atoms with Crippen molar-refractivity contribution >= 4 is 41.1 Å². The molecule has 0 aliphatic heterocycles. The van der Waals surface area contributed by atoms with E-state index in [9.17, 15) is 27.9 Å². The number of anilines is 1. The Morgan fingerprint density at radius 2 is 1.83 bits per heavy atom. The molecular formula is C18H24ClF3N2O4S. The third-order valence-electron chi connectivity index (χ3n) is 3.44. The minimum Gasteiger partial charge on any atom is -0.444 e. The van der Waals surface area contributed by atoms with Gasteiger partial charge in [0, 0.05) is 11.4 Å². The summed E-state index contributed by atoms with van der Waals surface area (Å²) in [4.78, 5) is 24.0. The van der Waals surface area contributed by atoms with E-state index < -0.39 is 29.4 Å². The normalized spacial score (nSPS) is 14.1. The Morgan fingerprint density at radius 1 is 1.21 bits per heavy atom. The third-order valence-corrected chi connectivity index (χ3v) is 4.83. The monoisotopic (exact) mass is 456 g/mol. The molecule has 164 valence electrons. The average Bonchev–Trinajstić information content (AvgIpc) is 2.54. The molecule has 1 rings (SSSR count). The minimum absolute atomic E-state index is 0.0354. The number of halogens is 4. The lowest BCUT2D eigenvalue weighted by Gasteiger charge is -2.25. The molecular weight excluding hydrogens is 433 g/mol. The summed E-state index contributed by atoms with van der Waals surface area (Å²) in [5, 5.41) is 14.0. The van der Waals surface area contributed by atoms with Gasteiger partial charge in [-0.15, -0.1) is 11.8 Å². The maximum atomic E-state index is 12.7. The Labute approximate surface area is 176 Å². The highest BCUT2D eigenvalue weighted by Gasteiger charge is 2.55. The highest BCUT2D eigenvalue weighted by atomic mass is 35.5. The van der Waals surface area contributed by atoms with Crippen molar-refractivity contribution in [3.8, 4) is 0 Å². The molecule has 1 aromatic rings. The van der Waals surface area contributed by atoms with E-state index in [2.05, 4.69) is 5.32 Å². The molecule has 1 atom stereocenters. The number of aliphatic hydroxyl groups is 1. The van der Waals surface area contributed by atoms with Gasteiger partial charge in [0.2, 0.25) is 5.60 Å². The number of nitrogens with one attached hydrogen (secondary N) is 2. The Morgan fingerprint density at radius 3 is 2.34 bits per heavy atom. The Hall–Kier alpha value is -1.65. The van der Waals surface area contributed by atoms with Crippen molar-refractivity contribution in [2.45, 2.75) is 56.4 Å². The van der Waals surface area contributed by atoms with Gasteiger partial charge < -0.3 is 20.5 Å². The summed E-state index contributed by atoms with van der Waals surface area (Å²) in [6.07, 6.45) is -4.97. The molecule has 0 spiro atoms. The van der Waals surface area contributed by atoms with Crippen LogP contribution in [0.1, 0.15) is 34.1 Å². The van der Waals surface area contributed by atoms with Gasteiger partial charge in [-0.1, -0.05) is 11.6 Å². The number of benzene rings is 1. The number of carbonyl (C=O) groups is 2. The summed E-state index contributed by atoms with van der Waals surface area (Å²) < 4.78 is 43.2. The fourth-order valence-corrected chi connectivity index (χ4v) is 3.01. The van der Waals surface area contributed by atoms with Crippen LogP contribution in [-0.4, -0.2) is 46.8 Å². The first-order chi connectivity index (χ1) is 13.1. The predicted octanol–water partition coefficient (Wildman–Crippen LogP) is 4.60. The molecule has 1 aromatic carbocycles. The van der Waals surface area contributed by atoms with Crippen LogP contribution in [0.3, 0.4) is 0 Å². The van der Waals surface area contributed by atoms with Crippen LogP contribution in [0.2, 0.25) is 5.02 Å². The number of alkyl halides is 3. The molecule has 2 amide bonds. The standard InChI is InChI=1S/C18H24ClF3N2O4S/c1-16(2,3)28-15(26)23-8-5-9-29-11-6-7-13(12(19)10-11)24-14(25)17(4,27)18(20,21)22/h6-7,10,27H,5,8-9H2,1-4H3,(H,23,26)(H,24,25)/t17-/m1/s1. The average molecular weight is 457 g/mol. The topological polar surface area (TPSA) is 87.7 Å². The summed E-state index contributed by atoms with van der Waals surface area (Å²) in [6, 6.07) is 4.43. The van der Waals surface area contributed by atoms with Gasteiger partial charge in [0.15, 0.2) is 0 Å². The van der Waals surface area contributed by atoms with Crippen LogP contribution in [0.5, 0.6) is 0 Å². The Bertz CT molecular complexity index is 737. The van der Waals surface area contributed by atoms with Gasteiger partial charge in [-0.05, 0) is 58.1 Å². The van der Waals surface area contributed by atoms with Crippen LogP contribution >= 0.6 is 23.4 Å². The van der Waals surface area contributed by atoms with Crippen LogP contribution in [0, 0.1) is 0 Å². The first-order valence-electron chi connectivity index (χ1n) is 8.63. The second-order valence-corrected chi connectivity index (χ2v) is 8.87. The van der Waals surface area contributed by atoms with Crippen LogP contribution < -0.4 is 10.6 Å². The number of ether oxygens (including phenoxy) is 1. The summed E-state index contributed by atoms with van der Waals surface area (Å²) in [5.74, 6) is -0.985. The fourth-order valence-electron chi connectivity index (χ4n) is 1.83. The van der Waals surface area contributed by atoms with Crippen molar-refractivity contribution in [3.05, 3.63) is 23.2 Å². The van der Waals surface area contributed by atoms with Gasteiger partial charge >= 0.3 is 12.3 Å². The second-order valence-electron chi connectivity index (χ2n) is 7.30. The van der Waals surface area contributed by atoms with Gasteiger partial charge in [0.25, 0.3) is 5.91 Å². The van der Waals surface area contributed by atoms with Crippen molar-refractivity contribution in [1.82, 2.24) is 5.32 Å². The molecule has 0 fully saturated rings. The molecule has 0 aliphatic rings. The lowest BCUT2D eigenvalue weighted by molar-refractivity contribution is -0.242. The Kier molecular flexibility index (Phi) is 8.67. The molecule has 0 aromatic heterocycles. The van der Waals surface area contributed by atoms with E-state index in [1.54, 1.807) is 26.8 Å². The van der Waals surface area contributed by atoms with E-state index in [0.29, 0.717) is 25.6 Å². The minimum atomic E-state index is -5.12. The van der Waals surface area contributed by atoms with Crippen molar-refractivity contribution in [2.75, 3.05) is 17.6 Å². The number of thioether (sulfide) groups is 1. The first kappa shape index (κ1) is 25.4. The summed E-state index contributed by atoms with van der Waals surface area (Å²) in [5.41, 5.74) is -4.15. The smallest absolute Gasteiger partial charge is 0.426 e. The van der Waals surface area contributed by atoms with E-state index in [1.807, 2.05) is 5.32 Å². The number of amides is 2. The predicted molar refractivity (Wildman–Crippen MR) is 106 cm³/mol. The maximum Gasteiger partial charge on any atom is 0.426 e. The molecule has 0 saturated carbocycles. The molecule has 3 N–H and O–H groups in total. The third kappa shape index (κ3) is 8.31. The Balaban J connectivity index is 2.51. The van der Waals surface area contributed by atoms with Gasteiger partial charge in [-0.3, -0.25) is 4.79 Å². The lowest BCUT2D eigenvalue weighted by Crippen LogP contribution is -2.52. The largest absolute Gasteiger partial charge is 0.444 e. The molecule has 0 unspecified atom stereocenters. The summed E-state index contributed by atoms with van der Waals surface area (Å²) in [7, 11) is 0. The van der Waals surface area contributed by atoms with Crippen molar-refractivity contribution in [3.63, 3.8) is 0 Å². The molecule has 6 nitrogen and oxygen atoms in total. The van der Waals surface area contributed by atoms with E-state index >= 15 is 0 Å². The fraction of sp³-hybridized carbons (Fsp3) is 0.556. The van der Waals surface area contributed by atoms with Crippen molar-refractivity contribution in [2.24, 2.45) is 0 Å². The second kappa shape index (κ2) is 9.90. The SMILES string of the molecule is CC(C)(C)OC(=O)NCCCSc1ccc(NC(=O)[C@@](C)(O)C(F)(F)F)c(Cl)c1. The lowest BCUT2D eigenvalue weighted by atomic mass is 10.1. The molecule has 0 saturated heterocycles. The van der Waals surface area contributed by atoms with Gasteiger partial charge in [-0.2, -0.15) is 13.2 Å². The van der Waals surface area contributed by atoms with Crippen molar-refractivity contribution in [1.29, 1.82) is 0 Å². The molecule has 0 heterocycles. The van der Waals surface area contributed by atoms with Crippen LogP contribution in [0.15, 0.2) is 23.1 Å². The zero-order valence-corrected chi connectivity index (χ0v) is 18.0. The summed E-state index contributed by atoms with van der Waals surface area (Å²) in [6.45, 7) is 6.08. The van der Waals surface area contributed by atoms with Gasteiger partial charge in [0.1, 0.15) is 5.60 Å². The molecule has 0 aliphatic carbocycles. The van der Waals surface area contributed by atoms with Crippen LogP contribution in [-0.2, 0) is 9.53 Å². The van der Waals surface area contributed by atoms with E-state index in [-0.39, 0.29) is 10.7 Å². The quantitative estimate of drug-likeness (QED) is 0.412. The number of hydrogen-bond donors (Lipinski definition) is 3. The number of alkyl carbamates (subject to hydrolysis) is 1. The van der Waals surface area contributed by atoms with Crippen LogP contribution in [0.4, 0.5) is 23.7 Å². The zero-order valence-electron chi connectivity index (χ0n) is 16.4. The van der Waals surface area contributed by atoms with Gasteiger partial charge in [0.05, 0.1) is 10.7 Å². The van der Waals surface area contributed by atoms with E-state index in [4.69, 9.17) is 16.3 Å². The van der Waals surface area contributed by atoms with Gasteiger partial charge in [-0.25, -0.2) is 4.79 Å². The van der Waals surface area contributed by atoms with Crippen LogP contribution in [0.25, 0.3) is 0 Å². The van der Waals surface area contributed by atoms with E-state index in [1.165, 1.54) is 23.9 Å². The number of carbonyl (C=O) groups excluding carboxylic acids is 2. The van der Waals surface area contributed by atoms with Crippen molar-refractivity contribution < 1.29 is 32.6 Å². The zero-order chi connectivity index (χ0) is 22.5. The molecule has 0 radical (unpaired) electrons. The highest BCUT2D eigenvalue weighted by molar-refractivity contribution is 7.99. The molecule has 29 heavy (non-hydrogen) atoms. The number of hydrogen-bond acceptors (Lipinski definition) is 5.